The topological polar surface area (TPSA) is 67.6 Å². The minimum atomic E-state index is -0.139. The maximum Gasteiger partial charge on any atom is 0.425 e. The predicted molar refractivity (Wildman–Crippen MR) is 116 cm³/mol. The van der Waals surface area contributed by atoms with Crippen molar-refractivity contribution < 1.29 is 23.6 Å². The minimum Gasteiger partial charge on any atom is -0.493 e. The van der Waals surface area contributed by atoms with E-state index in [1.54, 1.807) is 31.9 Å². The summed E-state index contributed by atoms with van der Waals surface area (Å²) in [6.07, 6.45) is 7.42. The van der Waals surface area contributed by atoms with Crippen molar-refractivity contribution in [2.24, 2.45) is 0 Å². The van der Waals surface area contributed by atoms with Gasteiger partial charge >= 0.3 is 5.91 Å². The second-order valence-corrected chi connectivity index (χ2v) is 8.22. The van der Waals surface area contributed by atoms with E-state index in [4.69, 9.17) is 9.47 Å². The molecule has 152 valence electrons. The number of amides is 2. The standard InChI is InChI=1S/C22H24N2O4S/c1-13(2)23-21(25)15-7-9-19-16(12-15)24(3)22(26)20(29-19)11-14-6-8-17(27-4)18(10-14)28-5/h6-13,19H,1-5H3/p+1/b20-11-. The number of nitrogens with one attached hydrogen (secondary N) is 1. The van der Waals surface area contributed by atoms with Crippen LogP contribution in [0.15, 0.2) is 46.9 Å². The number of benzene rings is 1. The van der Waals surface area contributed by atoms with E-state index in [1.807, 2.05) is 50.3 Å². The lowest BCUT2D eigenvalue weighted by molar-refractivity contribution is -0.413. The lowest BCUT2D eigenvalue weighted by Crippen LogP contribution is -2.38. The summed E-state index contributed by atoms with van der Waals surface area (Å²) in [6.45, 7) is 3.83. The average molecular weight is 414 g/mol. The third kappa shape index (κ3) is 4.45. The average Bonchev–Trinajstić information content (AvgIpc) is 2.71. The predicted octanol–water partition coefficient (Wildman–Crippen LogP) is 2.79. The summed E-state index contributed by atoms with van der Waals surface area (Å²) in [5, 5.41) is 2.85. The fourth-order valence-electron chi connectivity index (χ4n) is 3.11. The van der Waals surface area contributed by atoms with Gasteiger partial charge in [-0.3, -0.25) is 4.79 Å². The molecule has 0 aromatic heterocycles. The summed E-state index contributed by atoms with van der Waals surface area (Å²) >= 11 is 1.47. The van der Waals surface area contributed by atoms with Crippen molar-refractivity contribution in [1.82, 2.24) is 5.32 Å². The van der Waals surface area contributed by atoms with Gasteiger partial charge in [0.05, 0.1) is 14.2 Å². The maximum absolute atomic E-state index is 12.9. The van der Waals surface area contributed by atoms with E-state index in [9.17, 15) is 9.59 Å². The third-order valence-electron chi connectivity index (χ3n) is 4.59. The number of allylic oxidation sites excluding steroid dienone is 1. The summed E-state index contributed by atoms with van der Waals surface area (Å²) in [6, 6.07) is 5.58. The van der Waals surface area contributed by atoms with E-state index in [-0.39, 0.29) is 23.1 Å². The van der Waals surface area contributed by atoms with Gasteiger partial charge in [0.2, 0.25) is 5.71 Å². The van der Waals surface area contributed by atoms with Crippen LogP contribution in [0.3, 0.4) is 0 Å². The highest BCUT2D eigenvalue weighted by Gasteiger charge is 2.38. The van der Waals surface area contributed by atoms with Gasteiger partial charge in [-0.05, 0) is 37.6 Å². The first-order valence-electron chi connectivity index (χ1n) is 9.30. The van der Waals surface area contributed by atoms with Gasteiger partial charge in [-0.25, -0.2) is 4.79 Å². The van der Waals surface area contributed by atoms with Gasteiger partial charge in [0.1, 0.15) is 17.2 Å². The van der Waals surface area contributed by atoms with E-state index in [2.05, 4.69) is 5.32 Å². The molecule has 2 amide bonds. The van der Waals surface area contributed by atoms with E-state index in [0.29, 0.717) is 22.0 Å². The summed E-state index contributed by atoms with van der Waals surface area (Å²) in [5.74, 6) is 1.00. The van der Waals surface area contributed by atoms with Gasteiger partial charge in [0, 0.05) is 17.7 Å². The van der Waals surface area contributed by atoms with Crippen LogP contribution in [0.5, 0.6) is 11.5 Å². The molecule has 1 aliphatic carbocycles. The number of thioether (sulfide) groups is 1. The Morgan fingerprint density at radius 1 is 1.24 bits per heavy atom. The van der Waals surface area contributed by atoms with Crippen molar-refractivity contribution in [3.05, 3.63) is 52.5 Å². The molecule has 0 spiro atoms. The highest BCUT2D eigenvalue weighted by atomic mass is 32.2. The number of hydrogen-bond donors (Lipinski definition) is 1. The Kier molecular flexibility index (Phi) is 6.27. The van der Waals surface area contributed by atoms with Crippen LogP contribution in [0.2, 0.25) is 0 Å². The summed E-state index contributed by atoms with van der Waals surface area (Å²) in [5.41, 5.74) is 2.21. The van der Waals surface area contributed by atoms with Crippen molar-refractivity contribution in [3.8, 4) is 11.5 Å². The molecule has 2 aliphatic rings. The second kappa shape index (κ2) is 8.69. The molecule has 0 radical (unpaired) electrons. The van der Waals surface area contributed by atoms with Crippen LogP contribution in [-0.4, -0.2) is 54.7 Å². The number of nitrogens with zero attached hydrogens (tertiary/aromatic N) is 1. The van der Waals surface area contributed by atoms with E-state index in [0.717, 1.165) is 11.3 Å². The van der Waals surface area contributed by atoms with Gasteiger partial charge in [-0.15, -0.1) is 0 Å². The summed E-state index contributed by atoms with van der Waals surface area (Å²) in [4.78, 5) is 25.9. The smallest absolute Gasteiger partial charge is 0.425 e. The first-order chi connectivity index (χ1) is 13.8. The highest BCUT2D eigenvalue weighted by Crippen LogP contribution is 2.35. The zero-order chi connectivity index (χ0) is 21.1. The SMILES string of the molecule is COc1ccc(/C=C2\SC3C=CC(C(=O)NC(C)C)=CC3=[N+](C)C2=O)cc1OC. The molecular weight excluding hydrogens is 388 g/mol. The van der Waals surface area contributed by atoms with Crippen LogP contribution < -0.4 is 14.8 Å². The molecule has 1 heterocycles. The molecule has 1 atom stereocenters. The van der Waals surface area contributed by atoms with E-state index < -0.39 is 0 Å². The number of carbonyl (C=O) groups is 2. The molecule has 0 saturated heterocycles. The molecule has 1 N–H and O–H groups in total. The van der Waals surface area contributed by atoms with Crippen LogP contribution >= 0.6 is 11.8 Å². The van der Waals surface area contributed by atoms with Gasteiger partial charge in [-0.2, -0.15) is 4.58 Å². The van der Waals surface area contributed by atoms with Crippen molar-refractivity contribution in [1.29, 1.82) is 0 Å². The second-order valence-electron chi connectivity index (χ2n) is 7.04. The zero-order valence-corrected chi connectivity index (χ0v) is 18.0. The molecule has 0 bridgehead atoms. The Hall–Kier alpha value is -2.80. The molecule has 1 aliphatic heterocycles. The van der Waals surface area contributed by atoms with E-state index >= 15 is 0 Å². The van der Waals surface area contributed by atoms with Crippen molar-refractivity contribution in [2.45, 2.75) is 25.1 Å². The summed E-state index contributed by atoms with van der Waals surface area (Å²) in [7, 11) is 4.90. The Morgan fingerprint density at radius 2 is 1.97 bits per heavy atom. The van der Waals surface area contributed by atoms with Gasteiger partial charge in [0.15, 0.2) is 11.5 Å². The normalized spacial score (nSPS) is 19.9. The fourth-order valence-corrected chi connectivity index (χ4v) is 4.33. The van der Waals surface area contributed by atoms with Crippen LogP contribution in [0.4, 0.5) is 0 Å². The first kappa shape index (κ1) is 20.9. The quantitative estimate of drug-likeness (QED) is 0.594. The monoisotopic (exact) mass is 413 g/mol. The number of ether oxygens (including phenoxy) is 2. The lowest BCUT2D eigenvalue weighted by atomic mass is 10.0. The number of likely N-dealkylation sites (N-methyl/N-ethyl adjacent to an activating group) is 1. The minimum absolute atomic E-state index is 0.0281. The number of carbonyl (C=O) groups excluding carboxylic acids is 2. The van der Waals surface area contributed by atoms with Gasteiger partial charge < -0.3 is 14.8 Å². The lowest BCUT2D eigenvalue weighted by Gasteiger charge is -2.21. The van der Waals surface area contributed by atoms with Crippen molar-refractivity contribution in [3.63, 3.8) is 0 Å². The molecule has 1 unspecified atom stereocenters. The molecule has 3 rings (SSSR count). The van der Waals surface area contributed by atoms with Gasteiger partial charge in [0.25, 0.3) is 5.91 Å². The number of fused-ring (bicyclic) bond motifs is 1. The zero-order valence-electron chi connectivity index (χ0n) is 17.2. The Morgan fingerprint density at radius 3 is 2.62 bits per heavy atom. The van der Waals surface area contributed by atoms with Crippen LogP contribution in [0.25, 0.3) is 6.08 Å². The fraction of sp³-hybridized carbons (Fsp3) is 0.318. The third-order valence-corrected chi connectivity index (χ3v) is 5.79. The largest absolute Gasteiger partial charge is 0.493 e. The molecule has 1 aromatic carbocycles. The van der Waals surface area contributed by atoms with Crippen molar-refractivity contribution >= 4 is 35.4 Å². The number of methoxy groups -OCH3 is 2. The molecule has 29 heavy (non-hydrogen) atoms. The molecular formula is C22H25N2O4S+. The highest BCUT2D eigenvalue weighted by molar-refractivity contribution is 8.05. The summed E-state index contributed by atoms with van der Waals surface area (Å²) < 4.78 is 12.2. The number of rotatable bonds is 5. The Bertz CT molecular complexity index is 973. The molecule has 0 fully saturated rings. The van der Waals surface area contributed by atoms with Crippen LogP contribution in [0, 0.1) is 0 Å². The molecule has 1 aromatic rings. The van der Waals surface area contributed by atoms with Gasteiger partial charge in [-0.1, -0.05) is 30.0 Å². The van der Waals surface area contributed by atoms with Crippen molar-refractivity contribution in [2.75, 3.05) is 21.3 Å². The van der Waals surface area contributed by atoms with Crippen LogP contribution in [0.1, 0.15) is 19.4 Å². The maximum atomic E-state index is 12.9. The Balaban J connectivity index is 1.91. The van der Waals surface area contributed by atoms with Crippen LogP contribution in [-0.2, 0) is 9.59 Å². The molecule has 6 nitrogen and oxygen atoms in total. The Labute approximate surface area is 175 Å². The number of hydrogen-bond acceptors (Lipinski definition) is 5. The molecule has 0 saturated carbocycles. The first-order valence-corrected chi connectivity index (χ1v) is 10.2. The van der Waals surface area contributed by atoms with E-state index in [1.165, 1.54) is 11.8 Å². The molecule has 7 heteroatoms.